The van der Waals surface area contributed by atoms with E-state index in [0.717, 1.165) is 32.1 Å². The summed E-state index contributed by atoms with van der Waals surface area (Å²) in [4.78, 5) is 12.4. The van der Waals surface area contributed by atoms with Crippen LogP contribution in [0.5, 0.6) is 0 Å². The van der Waals surface area contributed by atoms with Crippen molar-refractivity contribution in [3.8, 4) is 0 Å². The van der Waals surface area contributed by atoms with Crippen LogP contribution >= 0.6 is 0 Å². The highest BCUT2D eigenvalue weighted by Gasteiger charge is 2.27. The van der Waals surface area contributed by atoms with Gasteiger partial charge >= 0.3 is 0 Å². The molecule has 8 heteroatoms. The molecule has 3 unspecified atom stereocenters. The number of carbonyl (C=O) groups excluding carboxylic acids is 1. The summed E-state index contributed by atoms with van der Waals surface area (Å²) in [5.74, 6) is -1.56. The average molecular weight is 574 g/mol. The third kappa shape index (κ3) is 25.5. The summed E-state index contributed by atoms with van der Waals surface area (Å²) >= 11 is 0. The van der Waals surface area contributed by atoms with Gasteiger partial charge in [0.2, 0.25) is 5.91 Å². The predicted molar refractivity (Wildman–Crippen MR) is 162 cm³/mol. The van der Waals surface area contributed by atoms with E-state index in [0.29, 0.717) is 12.8 Å². The lowest BCUT2D eigenvalue weighted by Gasteiger charge is -2.22. The van der Waals surface area contributed by atoms with Gasteiger partial charge in [-0.25, -0.2) is 0 Å². The van der Waals surface area contributed by atoms with Crippen LogP contribution in [0.15, 0.2) is 24.3 Å². The Hall–Kier alpha value is -1.22. The smallest absolute Gasteiger partial charge is 0.267 e. The number of amides is 1. The zero-order valence-corrected chi connectivity index (χ0v) is 25.7. The summed E-state index contributed by atoms with van der Waals surface area (Å²) in [6.45, 7) is 4.42. The quantitative estimate of drug-likeness (QED) is 0.0475. The molecule has 0 rings (SSSR count). The van der Waals surface area contributed by atoms with E-state index in [2.05, 4.69) is 31.3 Å². The number of allylic oxidation sites excluding steroid dienone is 3. The second-order valence-corrected chi connectivity index (χ2v) is 12.4. The number of hydrogen-bond acceptors (Lipinski definition) is 5. The SMILES string of the molecule is CCCCCCCCC/C=C/CC/C=C/C(O)C(CS(=O)(=O)O)NC(=O)C(O)CCCCCCCCCCC. The van der Waals surface area contributed by atoms with Crippen molar-refractivity contribution in [2.45, 2.75) is 161 Å². The van der Waals surface area contributed by atoms with Gasteiger partial charge in [-0.3, -0.25) is 9.35 Å². The van der Waals surface area contributed by atoms with Crippen LogP contribution in [0.25, 0.3) is 0 Å². The van der Waals surface area contributed by atoms with Crippen molar-refractivity contribution < 1.29 is 28.0 Å². The first kappa shape index (κ1) is 37.8. The van der Waals surface area contributed by atoms with Gasteiger partial charge in [-0.05, 0) is 32.1 Å². The fourth-order valence-corrected chi connectivity index (χ4v) is 5.26. The Bertz CT molecular complexity index is 737. The molecule has 0 aliphatic carbocycles. The molecule has 0 aromatic carbocycles. The van der Waals surface area contributed by atoms with Crippen LogP contribution in [0.2, 0.25) is 0 Å². The lowest BCUT2D eigenvalue weighted by atomic mass is 10.0. The lowest BCUT2D eigenvalue weighted by Crippen LogP contribution is -2.50. The molecule has 4 N–H and O–H groups in total. The average Bonchev–Trinajstić information content (AvgIpc) is 2.88. The third-order valence-corrected chi connectivity index (χ3v) is 7.77. The van der Waals surface area contributed by atoms with Gasteiger partial charge in [-0.1, -0.05) is 134 Å². The number of aliphatic hydroxyl groups is 2. The van der Waals surface area contributed by atoms with Crippen LogP contribution in [0.4, 0.5) is 0 Å². The second-order valence-electron chi connectivity index (χ2n) is 10.9. The molecule has 0 aromatic heterocycles. The maximum Gasteiger partial charge on any atom is 0.267 e. The topological polar surface area (TPSA) is 124 Å². The van der Waals surface area contributed by atoms with Crippen LogP contribution in [0.1, 0.15) is 142 Å². The minimum Gasteiger partial charge on any atom is -0.387 e. The molecule has 0 aromatic rings. The predicted octanol–water partition coefficient (Wildman–Crippen LogP) is 7.04. The Morgan fingerprint density at radius 3 is 1.69 bits per heavy atom. The summed E-state index contributed by atoms with van der Waals surface area (Å²) < 4.78 is 32.2. The van der Waals surface area contributed by atoms with Gasteiger partial charge in [0, 0.05) is 0 Å². The Balaban J connectivity index is 4.31. The van der Waals surface area contributed by atoms with E-state index in [1.165, 1.54) is 83.1 Å². The molecule has 0 fully saturated rings. The molecule has 0 bridgehead atoms. The van der Waals surface area contributed by atoms with Crippen molar-refractivity contribution in [1.29, 1.82) is 0 Å². The first-order valence-electron chi connectivity index (χ1n) is 15.6. The minimum absolute atomic E-state index is 0.275. The number of aliphatic hydroxyl groups excluding tert-OH is 2. The van der Waals surface area contributed by atoms with Gasteiger partial charge in [0.05, 0.1) is 17.9 Å². The van der Waals surface area contributed by atoms with Gasteiger partial charge in [-0.15, -0.1) is 0 Å². The van der Waals surface area contributed by atoms with Gasteiger partial charge in [-0.2, -0.15) is 8.42 Å². The molecule has 3 atom stereocenters. The first-order valence-corrected chi connectivity index (χ1v) is 17.3. The highest BCUT2D eigenvalue weighted by molar-refractivity contribution is 7.85. The first-order chi connectivity index (χ1) is 18.7. The van der Waals surface area contributed by atoms with E-state index in [9.17, 15) is 28.0 Å². The molecular formula is C31H59NO6S. The fraction of sp³-hybridized carbons (Fsp3) is 0.839. The Labute approximate surface area is 239 Å². The highest BCUT2D eigenvalue weighted by Crippen LogP contribution is 2.12. The molecule has 0 radical (unpaired) electrons. The van der Waals surface area contributed by atoms with E-state index in [4.69, 9.17) is 0 Å². The van der Waals surface area contributed by atoms with Crippen molar-refractivity contribution in [3.63, 3.8) is 0 Å². The van der Waals surface area contributed by atoms with Crippen LogP contribution in [0, 0.1) is 0 Å². The van der Waals surface area contributed by atoms with E-state index in [-0.39, 0.29) is 6.42 Å². The van der Waals surface area contributed by atoms with Gasteiger partial charge in [0.25, 0.3) is 10.1 Å². The minimum atomic E-state index is -4.43. The lowest BCUT2D eigenvalue weighted by molar-refractivity contribution is -0.130. The number of nitrogens with one attached hydrogen (secondary N) is 1. The van der Waals surface area contributed by atoms with Gasteiger partial charge in [0.15, 0.2) is 0 Å². The summed E-state index contributed by atoms with van der Waals surface area (Å²) in [5.41, 5.74) is 0. The van der Waals surface area contributed by atoms with Crippen molar-refractivity contribution in [2.75, 3.05) is 5.75 Å². The van der Waals surface area contributed by atoms with E-state index >= 15 is 0 Å². The second kappa shape index (κ2) is 25.7. The largest absolute Gasteiger partial charge is 0.387 e. The molecule has 0 aliphatic heterocycles. The van der Waals surface area contributed by atoms with Gasteiger partial charge < -0.3 is 15.5 Å². The third-order valence-electron chi connectivity index (χ3n) is 6.99. The van der Waals surface area contributed by atoms with E-state index in [1.807, 2.05) is 0 Å². The molecular weight excluding hydrogens is 514 g/mol. The number of rotatable bonds is 27. The molecule has 0 spiro atoms. The van der Waals surface area contributed by atoms with E-state index in [1.54, 1.807) is 6.08 Å². The van der Waals surface area contributed by atoms with Crippen LogP contribution in [0.3, 0.4) is 0 Å². The summed E-state index contributed by atoms with van der Waals surface area (Å²) in [7, 11) is -4.43. The maximum absolute atomic E-state index is 12.4. The van der Waals surface area contributed by atoms with E-state index < -0.39 is 40.0 Å². The molecule has 230 valence electrons. The number of hydrogen-bond donors (Lipinski definition) is 4. The Morgan fingerprint density at radius 2 is 1.15 bits per heavy atom. The molecule has 39 heavy (non-hydrogen) atoms. The van der Waals surface area contributed by atoms with Crippen LogP contribution in [-0.4, -0.2) is 53.1 Å². The Kier molecular flexibility index (Phi) is 24.9. The zero-order chi connectivity index (χ0) is 29.2. The molecule has 0 saturated carbocycles. The number of unbranched alkanes of at least 4 members (excludes halogenated alkanes) is 16. The zero-order valence-electron chi connectivity index (χ0n) is 24.9. The summed E-state index contributed by atoms with van der Waals surface area (Å²) in [6, 6.07) is -1.24. The monoisotopic (exact) mass is 573 g/mol. The Morgan fingerprint density at radius 1 is 0.692 bits per heavy atom. The van der Waals surface area contributed by atoms with Crippen molar-refractivity contribution in [3.05, 3.63) is 24.3 Å². The van der Waals surface area contributed by atoms with Gasteiger partial charge in [0.1, 0.15) is 6.10 Å². The molecule has 7 nitrogen and oxygen atoms in total. The molecule has 0 saturated heterocycles. The van der Waals surface area contributed by atoms with Crippen molar-refractivity contribution in [1.82, 2.24) is 5.32 Å². The summed E-state index contributed by atoms with van der Waals surface area (Å²) in [5, 5.41) is 23.1. The molecule has 0 heterocycles. The normalized spacial score (nSPS) is 14.7. The molecule has 1 amide bonds. The maximum atomic E-state index is 12.4. The van der Waals surface area contributed by atoms with Crippen LogP contribution < -0.4 is 5.32 Å². The molecule has 0 aliphatic rings. The van der Waals surface area contributed by atoms with Crippen LogP contribution in [-0.2, 0) is 14.9 Å². The standard InChI is InChI=1S/C31H59NO6S/c1-3-5-7-9-11-13-14-15-16-18-19-21-23-25-29(33)28(27-39(36,37)38)32-31(35)30(34)26-24-22-20-17-12-10-8-6-4-2/h16,18,23,25,28-30,33-34H,3-15,17,19-22,24,26-27H2,1-2H3,(H,32,35)(H,36,37,38)/b18-16+,25-23+. The van der Waals surface area contributed by atoms with Crippen molar-refractivity contribution in [2.24, 2.45) is 0 Å². The fourth-order valence-electron chi connectivity index (χ4n) is 4.53. The highest BCUT2D eigenvalue weighted by atomic mass is 32.2. The van der Waals surface area contributed by atoms with Crippen molar-refractivity contribution >= 4 is 16.0 Å². The number of carbonyl (C=O) groups is 1. The summed E-state index contributed by atoms with van der Waals surface area (Å²) in [6.07, 6.45) is 26.7.